The molecular weight excluding hydrogens is 308 g/mol. The van der Waals surface area contributed by atoms with E-state index in [2.05, 4.69) is 20.4 Å². The third kappa shape index (κ3) is 3.98. The van der Waals surface area contributed by atoms with Crippen molar-refractivity contribution in [3.05, 3.63) is 35.8 Å². The minimum Gasteiger partial charge on any atom is -0.379 e. The summed E-state index contributed by atoms with van der Waals surface area (Å²) in [6, 6.07) is 3.65. The van der Waals surface area contributed by atoms with Gasteiger partial charge in [0.1, 0.15) is 5.56 Å². The average Bonchev–Trinajstić information content (AvgIpc) is 3.02. The summed E-state index contributed by atoms with van der Waals surface area (Å²) in [5.41, 5.74) is 1.81. The first-order chi connectivity index (χ1) is 11.8. The topological polar surface area (TPSA) is 80.5 Å². The van der Waals surface area contributed by atoms with Crippen molar-refractivity contribution in [1.82, 2.24) is 20.4 Å². The Balaban J connectivity index is 1.56. The van der Waals surface area contributed by atoms with E-state index < -0.39 is 0 Å². The summed E-state index contributed by atoms with van der Waals surface area (Å²) in [6.45, 7) is 6.86. The van der Waals surface area contributed by atoms with E-state index in [1.54, 1.807) is 25.4 Å². The standard InChI is InChI=1S/C17H22N4O3/c1-13-15(16(24-20-13)14-4-2-5-18-12-14)17(22)19-6-3-7-21-8-10-23-11-9-21/h2,4-5,12H,3,6-11H2,1H3,(H,19,22). The molecule has 24 heavy (non-hydrogen) atoms. The Morgan fingerprint density at radius 2 is 2.21 bits per heavy atom. The lowest BCUT2D eigenvalue weighted by atomic mass is 10.1. The number of ether oxygens (including phenoxy) is 1. The molecule has 3 heterocycles. The largest absolute Gasteiger partial charge is 0.379 e. The van der Waals surface area contributed by atoms with Crippen molar-refractivity contribution in [2.45, 2.75) is 13.3 Å². The molecule has 1 aliphatic heterocycles. The second kappa shape index (κ2) is 8.03. The molecule has 0 spiro atoms. The highest BCUT2D eigenvalue weighted by Crippen LogP contribution is 2.25. The Bertz CT molecular complexity index is 666. The molecule has 0 aromatic carbocycles. The van der Waals surface area contributed by atoms with E-state index >= 15 is 0 Å². The second-order valence-corrected chi connectivity index (χ2v) is 5.78. The smallest absolute Gasteiger partial charge is 0.257 e. The normalized spacial score (nSPS) is 15.4. The molecule has 0 unspecified atom stereocenters. The van der Waals surface area contributed by atoms with E-state index in [-0.39, 0.29) is 5.91 Å². The second-order valence-electron chi connectivity index (χ2n) is 5.78. The molecule has 0 atom stereocenters. The maximum absolute atomic E-state index is 12.5. The molecule has 0 saturated carbocycles. The van der Waals surface area contributed by atoms with Crippen LogP contribution in [-0.2, 0) is 4.74 Å². The van der Waals surface area contributed by atoms with E-state index in [4.69, 9.17) is 9.26 Å². The molecule has 0 radical (unpaired) electrons. The number of carbonyl (C=O) groups is 1. The molecular formula is C17H22N4O3. The number of nitrogens with one attached hydrogen (secondary N) is 1. The van der Waals surface area contributed by atoms with Crippen LogP contribution in [0.5, 0.6) is 0 Å². The lowest BCUT2D eigenvalue weighted by Crippen LogP contribution is -2.38. The van der Waals surface area contributed by atoms with Crippen molar-refractivity contribution in [3.63, 3.8) is 0 Å². The molecule has 1 aliphatic rings. The molecule has 2 aromatic heterocycles. The predicted octanol–water partition coefficient (Wildman–Crippen LogP) is 1.50. The van der Waals surface area contributed by atoms with Gasteiger partial charge in [-0.2, -0.15) is 0 Å². The molecule has 2 aromatic rings. The molecule has 1 N–H and O–H groups in total. The number of rotatable bonds is 6. The number of morpholine rings is 1. The van der Waals surface area contributed by atoms with E-state index in [9.17, 15) is 4.79 Å². The first kappa shape index (κ1) is 16.6. The van der Waals surface area contributed by atoms with Crippen molar-refractivity contribution in [2.24, 2.45) is 0 Å². The molecule has 1 fully saturated rings. The van der Waals surface area contributed by atoms with Gasteiger partial charge in [0.2, 0.25) is 0 Å². The predicted molar refractivity (Wildman–Crippen MR) is 88.7 cm³/mol. The van der Waals surface area contributed by atoms with Crippen LogP contribution >= 0.6 is 0 Å². The van der Waals surface area contributed by atoms with Gasteiger partial charge in [-0.05, 0) is 32.0 Å². The molecule has 128 valence electrons. The number of aromatic nitrogens is 2. The van der Waals surface area contributed by atoms with Gasteiger partial charge in [0, 0.05) is 37.6 Å². The lowest BCUT2D eigenvalue weighted by molar-refractivity contribution is 0.0374. The molecule has 0 aliphatic carbocycles. The monoisotopic (exact) mass is 330 g/mol. The van der Waals surface area contributed by atoms with E-state index in [0.29, 0.717) is 23.6 Å². The number of aryl methyl sites for hydroxylation is 1. The Labute approximate surface area is 141 Å². The Morgan fingerprint density at radius 3 is 2.96 bits per heavy atom. The summed E-state index contributed by atoms with van der Waals surface area (Å²) in [7, 11) is 0. The molecule has 1 saturated heterocycles. The van der Waals surface area contributed by atoms with Crippen LogP contribution in [0.1, 0.15) is 22.5 Å². The average molecular weight is 330 g/mol. The minimum atomic E-state index is -0.158. The van der Waals surface area contributed by atoms with Gasteiger partial charge in [-0.1, -0.05) is 5.16 Å². The number of pyridine rings is 1. The first-order valence-corrected chi connectivity index (χ1v) is 8.20. The van der Waals surface area contributed by atoms with E-state index in [0.717, 1.165) is 44.8 Å². The minimum absolute atomic E-state index is 0.158. The molecule has 7 nitrogen and oxygen atoms in total. The zero-order chi connectivity index (χ0) is 16.8. The van der Waals surface area contributed by atoms with Crippen LogP contribution in [0.15, 0.2) is 29.0 Å². The van der Waals surface area contributed by atoms with Gasteiger partial charge in [0.15, 0.2) is 5.76 Å². The summed E-state index contributed by atoms with van der Waals surface area (Å²) >= 11 is 0. The quantitative estimate of drug-likeness (QED) is 0.809. The Hall–Kier alpha value is -2.25. The van der Waals surface area contributed by atoms with Crippen molar-refractivity contribution < 1.29 is 14.1 Å². The first-order valence-electron chi connectivity index (χ1n) is 8.20. The fraction of sp³-hybridized carbons (Fsp3) is 0.471. The van der Waals surface area contributed by atoms with Crippen LogP contribution in [0, 0.1) is 6.92 Å². The number of hydrogen-bond acceptors (Lipinski definition) is 6. The molecule has 1 amide bonds. The number of carbonyl (C=O) groups excluding carboxylic acids is 1. The van der Waals surface area contributed by atoms with Crippen LogP contribution < -0.4 is 5.32 Å². The fourth-order valence-electron chi connectivity index (χ4n) is 2.75. The number of amides is 1. The third-order valence-corrected chi connectivity index (χ3v) is 4.05. The van der Waals surface area contributed by atoms with Crippen LogP contribution in [0.2, 0.25) is 0 Å². The Kier molecular flexibility index (Phi) is 5.55. The highest BCUT2D eigenvalue weighted by Gasteiger charge is 2.21. The van der Waals surface area contributed by atoms with Crippen LogP contribution in [0.25, 0.3) is 11.3 Å². The van der Waals surface area contributed by atoms with Crippen molar-refractivity contribution in [3.8, 4) is 11.3 Å². The SMILES string of the molecule is Cc1noc(-c2cccnc2)c1C(=O)NCCCN1CCOCC1. The molecule has 0 bridgehead atoms. The summed E-state index contributed by atoms with van der Waals surface area (Å²) in [6.07, 6.45) is 4.24. The molecule has 7 heteroatoms. The van der Waals surface area contributed by atoms with Crippen LogP contribution in [-0.4, -0.2) is 60.3 Å². The zero-order valence-corrected chi connectivity index (χ0v) is 13.8. The van der Waals surface area contributed by atoms with E-state index in [1.165, 1.54) is 0 Å². The highest BCUT2D eigenvalue weighted by atomic mass is 16.5. The van der Waals surface area contributed by atoms with Gasteiger partial charge in [0.05, 0.1) is 18.9 Å². The fourth-order valence-corrected chi connectivity index (χ4v) is 2.75. The zero-order valence-electron chi connectivity index (χ0n) is 13.8. The van der Waals surface area contributed by atoms with Gasteiger partial charge in [-0.3, -0.25) is 14.7 Å². The van der Waals surface area contributed by atoms with Crippen molar-refractivity contribution in [2.75, 3.05) is 39.4 Å². The Morgan fingerprint density at radius 1 is 1.38 bits per heavy atom. The van der Waals surface area contributed by atoms with Crippen molar-refractivity contribution in [1.29, 1.82) is 0 Å². The maximum atomic E-state index is 12.5. The lowest BCUT2D eigenvalue weighted by Gasteiger charge is -2.26. The van der Waals surface area contributed by atoms with E-state index in [1.807, 2.05) is 6.07 Å². The van der Waals surface area contributed by atoms with Gasteiger partial charge in [-0.25, -0.2) is 0 Å². The highest BCUT2D eigenvalue weighted by molar-refractivity contribution is 6.00. The number of nitrogens with zero attached hydrogens (tertiary/aromatic N) is 3. The van der Waals surface area contributed by atoms with Crippen molar-refractivity contribution >= 4 is 5.91 Å². The third-order valence-electron chi connectivity index (χ3n) is 4.05. The van der Waals surface area contributed by atoms with Gasteiger partial charge < -0.3 is 14.6 Å². The summed E-state index contributed by atoms with van der Waals surface area (Å²) in [4.78, 5) is 18.9. The van der Waals surface area contributed by atoms with Gasteiger partial charge in [0.25, 0.3) is 5.91 Å². The van der Waals surface area contributed by atoms with Crippen LogP contribution in [0.4, 0.5) is 0 Å². The molecule has 3 rings (SSSR count). The van der Waals surface area contributed by atoms with Gasteiger partial charge in [-0.15, -0.1) is 0 Å². The van der Waals surface area contributed by atoms with Gasteiger partial charge >= 0.3 is 0 Å². The summed E-state index contributed by atoms with van der Waals surface area (Å²) < 4.78 is 10.7. The summed E-state index contributed by atoms with van der Waals surface area (Å²) in [5.74, 6) is 0.306. The maximum Gasteiger partial charge on any atom is 0.257 e. The number of hydrogen-bond donors (Lipinski definition) is 1. The summed E-state index contributed by atoms with van der Waals surface area (Å²) in [5, 5.41) is 6.89. The van der Waals surface area contributed by atoms with Crippen LogP contribution in [0.3, 0.4) is 0 Å².